The molecule has 1 N–H and O–H groups in total. The first kappa shape index (κ1) is 16.8. The van der Waals surface area contributed by atoms with Crippen LogP contribution >= 0.6 is 11.8 Å². The highest BCUT2D eigenvalue weighted by Gasteiger charge is 2.34. The van der Waals surface area contributed by atoms with E-state index in [2.05, 4.69) is 0 Å². The van der Waals surface area contributed by atoms with Gasteiger partial charge < -0.3 is 10.0 Å². The van der Waals surface area contributed by atoms with E-state index in [4.69, 9.17) is 5.11 Å². The second-order valence-electron chi connectivity index (χ2n) is 5.02. The Morgan fingerprint density at radius 3 is 2.59 bits per heavy atom. The van der Waals surface area contributed by atoms with Crippen molar-refractivity contribution in [1.82, 2.24) is 4.31 Å². The molecule has 22 heavy (non-hydrogen) atoms. The normalized spacial score (nSPS) is 18.5. The van der Waals surface area contributed by atoms with Gasteiger partial charge in [0, 0.05) is 26.0 Å². The molecule has 0 radical (unpaired) electrons. The lowest BCUT2D eigenvalue weighted by Crippen LogP contribution is -2.39. The minimum Gasteiger partial charge on any atom is -0.481 e. The zero-order valence-corrected chi connectivity index (χ0v) is 13.9. The van der Waals surface area contributed by atoms with Crippen molar-refractivity contribution < 1.29 is 23.1 Å². The van der Waals surface area contributed by atoms with Gasteiger partial charge in [0.2, 0.25) is 15.9 Å². The fourth-order valence-corrected chi connectivity index (χ4v) is 4.23. The van der Waals surface area contributed by atoms with Gasteiger partial charge in [-0.25, -0.2) is 12.7 Å². The summed E-state index contributed by atoms with van der Waals surface area (Å²) in [6.45, 7) is 0. The molecule has 9 heteroatoms. The molecule has 1 atom stereocenters. The van der Waals surface area contributed by atoms with Crippen LogP contribution in [0.1, 0.15) is 6.42 Å². The van der Waals surface area contributed by atoms with Crippen LogP contribution in [0.2, 0.25) is 0 Å². The monoisotopic (exact) mass is 344 g/mol. The van der Waals surface area contributed by atoms with Crippen LogP contribution < -0.4 is 4.90 Å². The Hall–Kier alpha value is -1.58. The van der Waals surface area contributed by atoms with Gasteiger partial charge in [0.05, 0.1) is 22.3 Å². The van der Waals surface area contributed by atoms with Crippen LogP contribution in [0, 0.1) is 0 Å². The van der Waals surface area contributed by atoms with Gasteiger partial charge in [0.15, 0.2) is 0 Å². The first-order valence-electron chi connectivity index (χ1n) is 6.37. The number of carbonyl (C=O) groups excluding carboxylic acids is 1. The molecule has 1 unspecified atom stereocenters. The summed E-state index contributed by atoms with van der Waals surface area (Å²) in [7, 11) is 0.788. The van der Waals surface area contributed by atoms with Gasteiger partial charge >= 0.3 is 5.97 Å². The number of thioether (sulfide) groups is 1. The van der Waals surface area contributed by atoms with Crippen molar-refractivity contribution in [2.24, 2.45) is 0 Å². The molecule has 0 bridgehead atoms. The van der Waals surface area contributed by atoms with Gasteiger partial charge in [-0.15, -0.1) is 11.8 Å². The van der Waals surface area contributed by atoms with Crippen LogP contribution in [0.3, 0.4) is 0 Å². The highest BCUT2D eigenvalue weighted by molar-refractivity contribution is 8.01. The predicted octanol–water partition coefficient (Wildman–Crippen LogP) is 0.849. The van der Waals surface area contributed by atoms with Crippen LogP contribution in [-0.2, 0) is 19.6 Å². The molecular weight excluding hydrogens is 328 g/mol. The molecule has 2 rings (SSSR count). The molecular formula is C13H16N2O5S2. The summed E-state index contributed by atoms with van der Waals surface area (Å²) in [5.74, 6) is -1.39. The zero-order valence-electron chi connectivity index (χ0n) is 12.3. The maximum absolute atomic E-state index is 12.2. The van der Waals surface area contributed by atoms with Gasteiger partial charge in [0.25, 0.3) is 0 Å². The average Bonchev–Trinajstić information content (AvgIpc) is 2.43. The number of benzene rings is 1. The third-order valence-corrected chi connectivity index (χ3v) is 6.37. The van der Waals surface area contributed by atoms with E-state index in [-0.39, 0.29) is 17.2 Å². The molecule has 0 saturated heterocycles. The minimum atomic E-state index is -3.59. The summed E-state index contributed by atoms with van der Waals surface area (Å²) in [4.78, 5) is 25.1. The predicted molar refractivity (Wildman–Crippen MR) is 82.6 cm³/mol. The maximum Gasteiger partial charge on any atom is 0.305 e. The number of hydrogen-bond donors (Lipinski definition) is 1. The molecule has 1 heterocycles. The number of fused-ring (bicyclic) bond motifs is 1. The van der Waals surface area contributed by atoms with Crippen molar-refractivity contribution in [2.45, 2.75) is 21.5 Å². The first-order valence-corrected chi connectivity index (χ1v) is 8.69. The van der Waals surface area contributed by atoms with Crippen LogP contribution in [0.5, 0.6) is 0 Å². The SMILES string of the molecule is CN1C(=O)C(CC(=O)O)Sc2ccc(S(=O)(=O)N(C)C)cc21. The number of hydrogen-bond acceptors (Lipinski definition) is 5. The third-order valence-electron chi connectivity index (χ3n) is 3.31. The van der Waals surface area contributed by atoms with E-state index in [0.29, 0.717) is 10.6 Å². The maximum atomic E-state index is 12.2. The molecule has 0 spiro atoms. The molecule has 1 aromatic rings. The number of sulfonamides is 1. The molecule has 0 aliphatic carbocycles. The first-order chi connectivity index (χ1) is 10.1. The van der Waals surface area contributed by atoms with E-state index < -0.39 is 21.2 Å². The Balaban J connectivity index is 2.44. The number of carbonyl (C=O) groups is 2. The molecule has 120 valence electrons. The van der Waals surface area contributed by atoms with E-state index in [9.17, 15) is 18.0 Å². The number of rotatable bonds is 4. The lowest BCUT2D eigenvalue weighted by atomic mass is 10.2. The number of nitrogens with zero attached hydrogens (tertiary/aromatic N) is 2. The second kappa shape index (κ2) is 5.90. The van der Waals surface area contributed by atoms with Crippen LogP contribution in [0.15, 0.2) is 28.0 Å². The second-order valence-corrected chi connectivity index (χ2v) is 8.41. The smallest absolute Gasteiger partial charge is 0.305 e. The van der Waals surface area contributed by atoms with Crippen molar-refractivity contribution >= 4 is 39.3 Å². The van der Waals surface area contributed by atoms with Crippen LogP contribution in [0.4, 0.5) is 5.69 Å². The number of carboxylic acids is 1. The number of carboxylic acid groups (broad SMARTS) is 1. The number of amides is 1. The zero-order chi connectivity index (χ0) is 16.7. The molecule has 1 aromatic carbocycles. The van der Waals surface area contributed by atoms with E-state index in [1.165, 1.54) is 38.2 Å². The largest absolute Gasteiger partial charge is 0.481 e. The molecule has 1 aliphatic rings. The quantitative estimate of drug-likeness (QED) is 0.870. The van der Waals surface area contributed by atoms with Gasteiger partial charge in [-0.1, -0.05) is 0 Å². The van der Waals surface area contributed by atoms with Crippen molar-refractivity contribution in [1.29, 1.82) is 0 Å². The lowest BCUT2D eigenvalue weighted by molar-refractivity contribution is -0.138. The lowest BCUT2D eigenvalue weighted by Gasteiger charge is -2.30. The minimum absolute atomic E-state index is 0.0909. The van der Waals surface area contributed by atoms with E-state index in [1.54, 1.807) is 6.07 Å². The number of aliphatic carboxylic acids is 1. The molecule has 0 aromatic heterocycles. The highest BCUT2D eigenvalue weighted by Crippen LogP contribution is 2.40. The fraction of sp³-hybridized carbons (Fsp3) is 0.385. The van der Waals surface area contributed by atoms with Crippen LogP contribution in [-0.4, -0.2) is 56.1 Å². The Labute approximate surface area is 133 Å². The highest BCUT2D eigenvalue weighted by atomic mass is 32.2. The van der Waals surface area contributed by atoms with Gasteiger partial charge in [-0.05, 0) is 18.2 Å². The van der Waals surface area contributed by atoms with E-state index in [0.717, 1.165) is 16.1 Å². The van der Waals surface area contributed by atoms with E-state index >= 15 is 0 Å². The molecule has 7 nitrogen and oxygen atoms in total. The number of anilines is 1. The Morgan fingerprint density at radius 2 is 2.05 bits per heavy atom. The third kappa shape index (κ3) is 2.96. The topological polar surface area (TPSA) is 95.0 Å². The Morgan fingerprint density at radius 1 is 1.41 bits per heavy atom. The van der Waals surface area contributed by atoms with Gasteiger partial charge in [-0.3, -0.25) is 9.59 Å². The summed E-state index contributed by atoms with van der Waals surface area (Å²) < 4.78 is 25.4. The van der Waals surface area contributed by atoms with Gasteiger partial charge in [0.1, 0.15) is 0 Å². The van der Waals surface area contributed by atoms with Crippen molar-refractivity contribution in [3.8, 4) is 0 Å². The van der Waals surface area contributed by atoms with Gasteiger partial charge in [-0.2, -0.15) is 0 Å². The summed E-state index contributed by atoms with van der Waals surface area (Å²) in [6.07, 6.45) is -0.273. The van der Waals surface area contributed by atoms with Crippen molar-refractivity contribution in [3.63, 3.8) is 0 Å². The standard InChI is InChI=1S/C13H16N2O5S2/c1-14(2)22(19,20)8-4-5-10-9(6-8)15(3)13(18)11(21-10)7-12(16)17/h4-6,11H,7H2,1-3H3,(H,16,17). The summed E-state index contributed by atoms with van der Waals surface area (Å²) in [5, 5.41) is 8.16. The summed E-state index contributed by atoms with van der Waals surface area (Å²) in [5.41, 5.74) is 0.472. The van der Waals surface area contributed by atoms with Crippen molar-refractivity contribution in [3.05, 3.63) is 18.2 Å². The molecule has 1 aliphatic heterocycles. The van der Waals surface area contributed by atoms with Crippen molar-refractivity contribution in [2.75, 3.05) is 26.0 Å². The molecule has 0 saturated carbocycles. The average molecular weight is 344 g/mol. The summed E-state index contributed by atoms with van der Waals surface area (Å²) in [6, 6.07) is 4.50. The Bertz CT molecular complexity index is 730. The van der Waals surface area contributed by atoms with E-state index in [1.807, 2.05) is 0 Å². The summed E-state index contributed by atoms with van der Waals surface area (Å²) >= 11 is 1.14. The Kier molecular flexibility index (Phi) is 4.50. The molecule has 0 fully saturated rings. The van der Waals surface area contributed by atoms with Crippen LogP contribution in [0.25, 0.3) is 0 Å². The fourth-order valence-electron chi connectivity index (χ4n) is 2.06. The molecule has 1 amide bonds.